The molecule has 10 nitrogen and oxygen atoms in total. The number of hydrogen-bond donors (Lipinski definition) is 6. The molecule has 2 aromatic carbocycles. The van der Waals surface area contributed by atoms with Crippen molar-refractivity contribution < 1.29 is 14.3 Å². The predicted octanol–water partition coefficient (Wildman–Crippen LogP) is 5.55. The van der Waals surface area contributed by atoms with E-state index in [1.165, 1.54) is 0 Å². The molecule has 270 valence electrons. The summed E-state index contributed by atoms with van der Waals surface area (Å²) in [6.45, 7) is 17.2. The van der Waals surface area contributed by atoms with Gasteiger partial charge < -0.3 is 41.4 Å². The van der Waals surface area contributed by atoms with Crippen molar-refractivity contribution in [1.82, 2.24) is 20.5 Å². The van der Waals surface area contributed by atoms with Gasteiger partial charge in [0.05, 0.1) is 17.3 Å². The van der Waals surface area contributed by atoms with Crippen LogP contribution in [-0.4, -0.2) is 81.6 Å². The average molecular weight is 703 g/mol. The number of nitrogens with zero attached hydrogens (tertiary/aromatic N) is 2. The molecule has 0 atom stereocenters. The Bertz CT molecular complexity index is 1750. The summed E-state index contributed by atoms with van der Waals surface area (Å²) >= 11 is 5.62. The topological polar surface area (TPSA) is 131 Å². The number of carboxylic acids is 1. The van der Waals surface area contributed by atoms with Crippen molar-refractivity contribution in [1.29, 1.82) is 0 Å². The Hall–Kier alpha value is -4.03. The summed E-state index contributed by atoms with van der Waals surface area (Å²) in [7, 11) is 0. The number of rotatable bonds is 20. The molecule has 1 heterocycles. The first-order chi connectivity index (χ1) is 24.4. The normalized spacial score (nSPS) is 11.2. The molecule has 11 heteroatoms. The van der Waals surface area contributed by atoms with Crippen LogP contribution in [-0.2, 0) is 0 Å². The van der Waals surface area contributed by atoms with E-state index in [-0.39, 0.29) is 5.56 Å². The van der Waals surface area contributed by atoms with Crippen LogP contribution in [0.5, 0.6) is 0 Å². The summed E-state index contributed by atoms with van der Waals surface area (Å²) in [4.78, 5) is 15.3. The maximum absolute atomic E-state index is 13.0. The molecule has 0 amide bonds. The molecule has 0 saturated heterocycles. The van der Waals surface area contributed by atoms with Crippen LogP contribution in [0.2, 0.25) is 0 Å². The van der Waals surface area contributed by atoms with Gasteiger partial charge in [0, 0.05) is 54.0 Å². The zero-order chi connectivity index (χ0) is 35.9. The van der Waals surface area contributed by atoms with E-state index in [9.17, 15) is 9.90 Å². The molecular formula is C39H56N7O3S+. The number of hydrogen-bond acceptors (Lipinski definition) is 7. The predicted molar refractivity (Wildman–Crippen MR) is 213 cm³/mol. The van der Waals surface area contributed by atoms with Gasteiger partial charge in [-0.05, 0) is 128 Å². The van der Waals surface area contributed by atoms with E-state index >= 15 is 0 Å². The second kappa shape index (κ2) is 20.0. The maximum Gasteiger partial charge on any atom is 0.338 e. The molecule has 1 aliphatic carbocycles. The van der Waals surface area contributed by atoms with Crippen LogP contribution in [0, 0.1) is 0 Å². The van der Waals surface area contributed by atoms with E-state index in [4.69, 9.17) is 22.4 Å². The molecule has 0 bridgehead atoms. The van der Waals surface area contributed by atoms with E-state index in [2.05, 4.69) is 82.7 Å². The van der Waals surface area contributed by atoms with Gasteiger partial charge in [0.1, 0.15) is 24.4 Å². The van der Waals surface area contributed by atoms with Crippen LogP contribution in [0.15, 0.2) is 59.0 Å². The van der Waals surface area contributed by atoms with Crippen molar-refractivity contribution in [3.05, 3.63) is 65.5 Å². The second-order valence-electron chi connectivity index (χ2n) is 12.3. The first-order valence-corrected chi connectivity index (χ1v) is 18.6. The highest BCUT2D eigenvalue weighted by Gasteiger charge is 2.25. The summed E-state index contributed by atoms with van der Waals surface area (Å²) in [6, 6.07) is 17.9. The highest BCUT2D eigenvalue weighted by atomic mass is 32.1. The number of thiocarbonyl (C=S) groups is 1. The van der Waals surface area contributed by atoms with Gasteiger partial charge in [-0.15, -0.1) is 0 Å². The number of benzene rings is 3. The van der Waals surface area contributed by atoms with Gasteiger partial charge in [0.25, 0.3) is 0 Å². The van der Waals surface area contributed by atoms with E-state index in [0.717, 1.165) is 112 Å². The smallest absolute Gasteiger partial charge is 0.338 e. The Labute approximate surface area is 302 Å². The average Bonchev–Trinajstić information content (AvgIpc) is 3.11. The third-order valence-corrected chi connectivity index (χ3v) is 9.32. The summed E-state index contributed by atoms with van der Waals surface area (Å²) in [5, 5.41) is 26.3. The number of carboxylic acid groups (broad SMARTS) is 1. The minimum atomic E-state index is -1.04. The fraction of sp³-hybridized carbons (Fsp3) is 0.462. The maximum atomic E-state index is 13.0. The van der Waals surface area contributed by atoms with Crippen molar-refractivity contribution in [2.24, 2.45) is 5.73 Å². The first-order valence-electron chi connectivity index (χ1n) is 18.2. The van der Waals surface area contributed by atoms with Crippen molar-refractivity contribution in [2.75, 3.05) is 75.7 Å². The van der Waals surface area contributed by atoms with Gasteiger partial charge >= 0.3 is 5.97 Å². The quantitative estimate of drug-likeness (QED) is 0.0302. The van der Waals surface area contributed by atoms with Crippen molar-refractivity contribution in [3.63, 3.8) is 0 Å². The first kappa shape index (κ1) is 38.8. The molecule has 7 N–H and O–H groups in total. The molecule has 2 aliphatic rings. The number of aromatic carboxylic acids is 1. The lowest BCUT2D eigenvalue weighted by Gasteiger charge is -2.23. The molecule has 0 saturated carbocycles. The molecule has 1 aliphatic heterocycles. The van der Waals surface area contributed by atoms with Gasteiger partial charge in [-0.3, -0.25) is 0 Å². The molecule has 0 spiro atoms. The number of carbonyl (C=O) groups is 1. The largest absolute Gasteiger partial charge is 0.478 e. The van der Waals surface area contributed by atoms with Crippen molar-refractivity contribution in [2.45, 2.75) is 53.4 Å². The van der Waals surface area contributed by atoms with Crippen LogP contribution in [0.25, 0.3) is 33.4 Å². The van der Waals surface area contributed by atoms with Crippen LogP contribution in [0.4, 0.5) is 11.4 Å². The Kier molecular flexibility index (Phi) is 15.5. The minimum absolute atomic E-state index is 0.158. The zero-order valence-electron chi connectivity index (χ0n) is 30.2. The van der Waals surface area contributed by atoms with Crippen molar-refractivity contribution in [3.8, 4) is 22.5 Å². The SMILES string of the molecule is CCN(CC)c1ccc2c(-c3cccc(NC(=S)NCCCNCCCCNCCCN)c3C(=O)O)c3ccc(=[N+](CC)CC)cc-3oc2c1. The number of unbranched alkanes of at least 4 members (excludes halogenated alkanes) is 1. The van der Waals surface area contributed by atoms with E-state index in [0.29, 0.717) is 34.3 Å². The fourth-order valence-corrected chi connectivity index (χ4v) is 6.59. The fourth-order valence-electron chi connectivity index (χ4n) is 6.38. The van der Waals surface area contributed by atoms with E-state index in [1.54, 1.807) is 6.07 Å². The Balaban J connectivity index is 1.59. The van der Waals surface area contributed by atoms with Gasteiger partial charge in [-0.2, -0.15) is 0 Å². The molecule has 0 aromatic heterocycles. The Morgan fingerprint density at radius 1 is 0.860 bits per heavy atom. The summed E-state index contributed by atoms with van der Waals surface area (Å²) in [5.74, 6) is -0.334. The lowest BCUT2D eigenvalue weighted by molar-refractivity contribution is 0.0699. The van der Waals surface area contributed by atoms with Gasteiger partial charge in [0.15, 0.2) is 5.11 Å². The molecular weight excluding hydrogens is 647 g/mol. The second-order valence-corrected chi connectivity index (χ2v) is 12.7. The number of nitrogens with two attached hydrogens (primary N) is 1. The molecule has 2 aromatic rings. The van der Waals surface area contributed by atoms with Gasteiger partial charge in [-0.25, -0.2) is 9.37 Å². The Morgan fingerprint density at radius 3 is 2.22 bits per heavy atom. The Morgan fingerprint density at radius 2 is 1.56 bits per heavy atom. The zero-order valence-corrected chi connectivity index (χ0v) is 31.1. The lowest BCUT2D eigenvalue weighted by Crippen LogP contribution is -2.31. The van der Waals surface area contributed by atoms with Crippen LogP contribution in [0.1, 0.15) is 63.7 Å². The minimum Gasteiger partial charge on any atom is -0.478 e. The van der Waals surface area contributed by atoms with Gasteiger partial charge in [-0.1, -0.05) is 12.1 Å². The number of nitrogens with one attached hydrogen (secondary N) is 4. The third-order valence-electron chi connectivity index (χ3n) is 9.07. The highest BCUT2D eigenvalue weighted by molar-refractivity contribution is 7.80. The molecule has 0 unspecified atom stereocenters. The van der Waals surface area contributed by atoms with E-state index < -0.39 is 5.97 Å². The highest BCUT2D eigenvalue weighted by Crippen LogP contribution is 2.43. The number of anilines is 2. The van der Waals surface area contributed by atoms with Crippen molar-refractivity contribution >= 4 is 45.6 Å². The van der Waals surface area contributed by atoms with E-state index in [1.807, 2.05) is 24.3 Å². The molecule has 4 rings (SSSR count). The van der Waals surface area contributed by atoms with Crippen LogP contribution < -0.4 is 41.8 Å². The molecule has 50 heavy (non-hydrogen) atoms. The monoisotopic (exact) mass is 702 g/mol. The standard InChI is InChI=1S/C39H55N7O3S/c1-5-45(6-2)28-16-18-30-34(26-28)49-35-27-29(46(7-3)8-4)17-19-31(35)36(30)32-14-11-15-33(37(32)38(47)48)44-39(50)43-25-13-24-42-22-10-9-21-41-23-12-20-40/h11,14-19,26-27,41-42H,5-10,12-13,20-25,40H2,1-4H3,(H2-,43,44,47,48,50)/p+1. The number of fused-ring (bicyclic) bond motifs is 2. The van der Waals surface area contributed by atoms with Crippen LogP contribution >= 0.6 is 12.2 Å². The molecule has 0 radical (unpaired) electrons. The lowest BCUT2D eigenvalue weighted by atomic mass is 9.90. The summed E-state index contributed by atoms with van der Waals surface area (Å²) in [6.07, 6.45) is 4.15. The van der Waals surface area contributed by atoms with Gasteiger partial charge in [0.2, 0.25) is 5.36 Å². The third kappa shape index (κ3) is 10.0. The van der Waals surface area contributed by atoms with Crippen LogP contribution in [0.3, 0.4) is 0 Å². The molecule has 0 fully saturated rings. The summed E-state index contributed by atoms with van der Waals surface area (Å²) in [5.41, 5.74) is 10.1. The summed E-state index contributed by atoms with van der Waals surface area (Å²) < 4.78 is 8.88.